The van der Waals surface area contributed by atoms with Gasteiger partial charge < -0.3 is 10.6 Å². The van der Waals surface area contributed by atoms with Gasteiger partial charge in [-0.15, -0.1) is 0 Å². The molecule has 1 aliphatic rings. The first-order valence-electron chi connectivity index (χ1n) is 7.32. The van der Waals surface area contributed by atoms with E-state index in [4.69, 9.17) is 0 Å². The molecule has 0 radical (unpaired) electrons. The average molecular weight is 260 g/mol. The third-order valence-corrected chi connectivity index (χ3v) is 4.09. The maximum absolute atomic E-state index is 12.4. The van der Waals surface area contributed by atoms with Crippen LogP contribution in [0.4, 0.5) is 0 Å². The van der Waals surface area contributed by atoms with Crippen LogP contribution in [0.25, 0.3) is 0 Å². The number of hydrogen-bond acceptors (Lipinski definition) is 2. The van der Waals surface area contributed by atoms with E-state index in [0.717, 1.165) is 43.5 Å². The molecule has 0 saturated carbocycles. The van der Waals surface area contributed by atoms with Gasteiger partial charge in [0.05, 0.1) is 0 Å². The molecular formula is C16H24N2O. The minimum absolute atomic E-state index is 0.0727. The highest BCUT2D eigenvalue weighted by atomic mass is 16.1. The number of carbonyl (C=O) groups is 1. The Labute approximate surface area is 115 Å². The predicted molar refractivity (Wildman–Crippen MR) is 78.3 cm³/mol. The van der Waals surface area contributed by atoms with E-state index in [1.165, 1.54) is 0 Å². The van der Waals surface area contributed by atoms with Crippen molar-refractivity contribution in [3.8, 4) is 0 Å². The zero-order valence-electron chi connectivity index (χ0n) is 11.9. The SMILES string of the molecule is CCc1ccccc1C(=O)NC(C)C1CCNCC1. The van der Waals surface area contributed by atoms with Gasteiger partial charge in [-0.1, -0.05) is 25.1 Å². The molecule has 2 rings (SSSR count). The number of hydrogen-bond donors (Lipinski definition) is 2. The fourth-order valence-electron chi connectivity index (χ4n) is 2.80. The summed E-state index contributed by atoms with van der Waals surface area (Å²) in [5.74, 6) is 0.669. The van der Waals surface area contributed by atoms with Gasteiger partial charge in [-0.05, 0) is 56.8 Å². The van der Waals surface area contributed by atoms with E-state index in [1.54, 1.807) is 0 Å². The van der Waals surface area contributed by atoms with Gasteiger partial charge in [0.25, 0.3) is 5.91 Å². The fourth-order valence-corrected chi connectivity index (χ4v) is 2.80. The van der Waals surface area contributed by atoms with Crippen molar-refractivity contribution in [2.45, 2.75) is 39.2 Å². The first-order valence-corrected chi connectivity index (χ1v) is 7.32. The molecular weight excluding hydrogens is 236 g/mol. The quantitative estimate of drug-likeness (QED) is 0.872. The summed E-state index contributed by atoms with van der Waals surface area (Å²) in [5, 5.41) is 6.53. The summed E-state index contributed by atoms with van der Waals surface area (Å²) in [6, 6.07) is 8.13. The second-order valence-corrected chi connectivity index (χ2v) is 5.36. The number of amides is 1. The van der Waals surface area contributed by atoms with Crippen LogP contribution in [0.1, 0.15) is 42.6 Å². The van der Waals surface area contributed by atoms with Crippen molar-refractivity contribution in [1.82, 2.24) is 10.6 Å². The molecule has 0 bridgehead atoms. The lowest BCUT2D eigenvalue weighted by Crippen LogP contribution is -2.42. The molecule has 1 unspecified atom stereocenters. The molecule has 1 amide bonds. The van der Waals surface area contributed by atoms with Gasteiger partial charge in [-0.3, -0.25) is 4.79 Å². The van der Waals surface area contributed by atoms with Gasteiger partial charge in [0.1, 0.15) is 0 Å². The van der Waals surface area contributed by atoms with E-state index < -0.39 is 0 Å². The Morgan fingerprint density at radius 3 is 2.74 bits per heavy atom. The topological polar surface area (TPSA) is 41.1 Å². The van der Waals surface area contributed by atoms with Crippen molar-refractivity contribution in [2.75, 3.05) is 13.1 Å². The van der Waals surface area contributed by atoms with Crippen LogP contribution in [0.2, 0.25) is 0 Å². The molecule has 3 nitrogen and oxygen atoms in total. The summed E-state index contributed by atoms with van der Waals surface area (Å²) >= 11 is 0. The highest BCUT2D eigenvalue weighted by molar-refractivity contribution is 5.95. The van der Waals surface area contributed by atoms with Crippen molar-refractivity contribution in [2.24, 2.45) is 5.92 Å². The molecule has 0 spiro atoms. The van der Waals surface area contributed by atoms with Crippen molar-refractivity contribution in [3.05, 3.63) is 35.4 Å². The van der Waals surface area contributed by atoms with Crippen molar-refractivity contribution in [1.29, 1.82) is 0 Å². The average Bonchev–Trinajstić information content (AvgIpc) is 2.48. The van der Waals surface area contributed by atoms with Crippen LogP contribution in [0.15, 0.2) is 24.3 Å². The van der Waals surface area contributed by atoms with E-state index >= 15 is 0 Å². The van der Waals surface area contributed by atoms with Crippen molar-refractivity contribution < 1.29 is 4.79 Å². The molecule has 104 valence electrons. The van der Waals surface area contributed by atoms with Gasteiger partial charge in [0.2, 0.25) is 0 Å². The van der Waals surface area contributed by atoms with Crippen LogP contribution < -0.4 is 10.6 Å². The summed E-state index contributed by atoms with van der Waals surface area (Å²) in [6.45, 7) is 6.34. The van der Waals surface area contributed by atoms with Gasteiger partial charge in [-0.2, -0.15) is 0 Å². The van der Waals surface area contributed by atoms with Gasteiger partial charge in [0.15, 0.2) is 0 Å². The Bertz CT molecular complexity index is 425. The number of piperidine rings is 1. The van der Waals surface area contributed by atoms with Crippen molar-refractivity contribution in [3.63, 3.8) is 0 Å². The Kier molecular flexibility index (Phi) is 4.97. The molecule has 2 N–H and O–H groups in total. The monoisotopic (exact) mass is 260 g/mol. The largest absolute Gasteiger partial charge is 0.349 e. The van der Waals surface area contributed by atoms with Crippen LogP contribution in [-0.2, 0) is 6.42 Å². The zero-order valence-corrected chi connectivity index (χ0v) is 11.9. The van der Waals surface area contributed by atoms with Gasteiger partial charge >= 0.3 is 0 Å². The lowest BCUT2D eigenvalue weighted by atomic mass is 9.91. The third-order valence-electron chi connectivity index (χ3n) is 4.09. The minimum atomic E-state index is 0.0727. The number of rotatable bonds is 4. The molecule has 1 aliphatic heterocycles. The van der Waals surface area contributed by atoms with E-state index in [-0.39, 0.29) is 11.9 Å². The Morgan fingerprint density at radius 1 is 1.37 bits per heavy atom. The summed E-state index contributed by atoms with van der Waals surface area (Å²) in [7, 11) is 0. The van der Waals surface area contributed by atoms with Crippen LogP contribution in [-0.4, -0.2) is 25.0 Å². The summed E-state index contributed by atoms with van der Waals surface area (Å²) in [6.07, 6.45) is 3.19. The highest BCUT2D eigenvalue weighted by Gasteiger charge is 2.22. The predicted octanol–water partition coefficient (Wildman–Crippen LogP) is 2.37. The molecule has 1 heterocycles. The van der Waals surface area contributed by atoms with E-state index in [9.17, 15) is 4.79 Å². The van der Waals surface area contributed by atoms with Crippen LogP contribution in [0, 0.1) is 5.92 Å². The van der Waals surface area contributed by atoms with E-state index in [2.05, 4.69) is 24.5 Å². The number of aryl methyl sites for hydroxylation is 1. The second-order valence-electron chi connectivity index (χ2n) is 5.36. The summed E-state index contributed by atoms with van der Waals surface area (Å²) in [5.41, 5.74) is 1.95. The molecule has 1 aromatic carbocycles. The van der Waals surface area contributed by atoms with Gasteiger partial charge in [-0.25, -0.2) is 0 Å². The Balaban J connectivity index is 1.99. The van der Waals surface area contributed by atoms with Crippen LogP contribution in [0.3, 0.4) is 0 Å². The molecule has 1 aromatic rings. The first kappa shape index (κ1) is 14.1. The Hall–Kier alpha value is -1.35. The minimum Gasteiger partial charge on any atom is -0.349 e. The van der Waals surface area contributed by atoms with Crippen LogP contribution >= 0.6 is 0 Å². The maximum atomic E-state index is 12.4. The Morgan fingerprint density at radius 2 is 2.05 bits per heavy atom. The number of carbonyl (C=O) groups excluding carboxylic acids is 1. The lowest BCUT2D eigenvalue weighted by molar-refractivity contribution is 0.0920. The normalized spacial score (nSPS) is 18.0. The highest BCUT2D eigenvalue weighted by Crippen LogP contribution is 2.17. The zero-order chi connectivity index (χ0) is 13.7. The molecule has 3 heteroatoms. The molecule has 0 aromatic heterocycles. The molecule has 1 fully saturated rings. The number of benzene rings is 1. The third kappa shape index (κ3) is 3.57. The van der Waals surface area contributed by atoms with E-state index in [0.29, 0.717) is 5.92 Å². The number of nitrogens with one attached hydrogen (secondary N) is 2. The maximum Gasteiger partial charge on any atom is 0.251 e. The first-order chi connectivity index (χ1) is 9.22. The molecule has 1 saturated heterocycles. The van der Waals surface area contributed by atoms with Gasteiger partial charge in [0, 0.05) is 11.6 Å². The van der Waals surface area contributed by atoms with Crippen molar-refractivity contribution >= 4 is 5.91 Å². The molecule has 19 heavy (non-hydrogen) atoms. The molecule has 1 atom stereocenters. The summed E-state index contributed by atoms with van der Waals surface area (Å²) in [4.78, 5) is 12.4. The standard InChI is InChI=1S/C16H24N2O/c1-3-13-6-4-5-7-15(13)16(19)18-12(2)14-8-10-17-11-9-14/h4-7,12,14,17H,3,8-11H2,1-2H3,(H,18,19). The van der Waals surface area contributed by atoms with Crippen LogP contribution in [0.5, 0.6) is 0 Å². The van der Waals surface area contributed by atoms with E-state index in [1.807, 2.05) is 24.3 Å². The summed E-state index contributed by atoms with van der Waals surface area (Å²) < 4.78 is 0. The second kappa shape index (κ2) is 6.71. The fraction of sp³-hybridized carbons (Fsp3) is 0.562. The smallest absolute Gasteiger partial charge is 0.251 e. The molecule has 0 aliphatic carbocycles. The lowest BCUT2D eigenvalue weighted by Gasteiger charge is -2.29.